The van der Waals surface area contributed by atoms with Gasteiger partial charge in [0.15, 0.2) is 0 Å². The first-order valence-corrected chi connectivity index (χ1v) is 7.82. The predicted octanol–water partition coefficient (Wildman–Crippen LogP) is 1.97. The number of nitrogens with zero attached hydrogens (tertiary/aromatic N) is 1. The first kappa shape index (κ1) is 19.2. The van der Waals surface area contributed by atoms with E-state index in [1.165, 1.54) is 0 Å². The molecule has 2 amide bonds. The Hall–Kier alpha value is -3.10. The number of hydrogen-bond acceptors (Lipinski definition) is 6. The summed E-state index contributed by atoms with van der Waals surface area (Å²) in [6.45, 7) is -0.690. The fourth-order valence-corrected chi connectivity index (χ4v) is 2.14. The van der Waals surface area contributed by atoms with Crippen LogP contribution in [-0.4, -0.2) is 49.4 Å². The highest BCUT2D eigenvalue weighted by atomic mass is 16.5. The molecule has 0 atom stereocenters. The Morgan fingerprint density at radius 3 is 1.46 bits per heavy atom. The van der Waals surface area contributed by atoms with Crippen LogP contribution in [0.2, 0.25) is 0 Å². The Labute approximate surface area is 151 Å². The summed E-state index contributed by atoms with van der Waals surface area (Å²) < 4.78 is 10.1. The van der Waals surface area contributed by atoms with Crippen molar-refractivity contribution in [3.05, 3.63) is 48.5 Å². The lowest BCUT2D eigenvalue weighted by atomic mass is 10.3. The van der Waals surface area contributed by atoms with Gasteiger partial charge in [0.1, 0.15) is 24.6 Å². The molecule has 0 spiro atoms. The van der Waals surface area contributed by atoms with Gasteiger partial charge < -0.3 is 25.3 Å². The van der Waals surface area contributed by atoms with Gasteiger partial charge >= 0.3 is 0 Å². The van der Waals surface area contributed by atoms with Crippen LogP contribution in [0, 0.1) is 0 Å². The van der Waals surface area contributed by atoms with Gasteiger partial charge in [-0.2, -0.15) is 5.06 Å². The minimum atomic E-state index is -0.449. The number of nitrogens with one attached hydrogen (secondary N) is 2. The lowest BCUT2D eigenvalue weighted by Crippen LogP contribution is -2.36. The van der Waals surface area contributed by atoms with Gasteiger partial charge in [-0.05, 0) is 48.5 Å². The number of anilines is 2. The highest BCUT2D eigenvalue weighted by Crippen LogP contribution is 2.15. The average Bonchev–Trinajstić information content (AvgIpc) is 2.62. The molecule has 0 heterocycles. The zero-order valence-corrected chi connectivity index (χ0v) is 14.6. The van der Waals surface area contributed by atoms with E-state index in [-0.39, 0.29) is 13.1 Å². The van der Waals surface area contributed by atoms with Gasteiger partial charge in [-0.1, -0.05) is 0 Å². The second kappa shape index (κ2) is 9.40. The van der Waals surface area contributed by atoms with Gasteiger partial charge in [0, 0.05) is 11.4 Å². The Bertz CT molecular complexity index is 668. The minimum Gasteiger partial charge on any atom is -0.497 e. The van der Waals surface area contributed by atoms with E-state index in [0.29, 0.717) is 27.9 Å². The lowest BCUT2D eigenvalue weighted by molar-refractivity contribution is -0.140. The van der Waals surface area contributed by atoms with Crippen molar-refractivity contribution < 1.29 is 24.3 Å². The molecule has 0 saturated heterocycles. The Balaban J connectivity index is 1.77. The normalized spacial score (nSPS) is 10.3. The summed E-state index contributed by atoms with van der Waals surface area (Å²) in [4.78, 5) is 23.8. The molecule has 3 N–H and O–H groups in total. The van der Waals surface area contributed by atoms with Crippen LogP contribution in [0.5, 0.6) is 11.5 Å². The van der Waals surface area contributed by atoms with E-state index in [9.17, 15) is 14.8 Å². The molecule has 0 fully saturated rings. The maximum Gasteiger partial charge on any atom is 0.241 e. The maximum absolute atomic E-state index is 11.9. The second-order valence-electron chi connectivity index (χ2n) is 5.38. The van der Waals surface area contributed by atoms with E-state index in [4.69, 9.17) is 9.47 Å². The Kier molecular flexibility index (Phi) is 6.95. The zero-order valence-electron chi connectivity index (χ0n) is 14.6. The van der Waals surface area contributed by atoms with Crippen LogP contribution in [-0.2, 0) is 9.59 Å². The Morgan fingerprint density at radius 1 is 0.808 bits per heavy atom. The summed E-state index contributed by atoms with van der Waals surface area (Å²) in [6, 6.07) is 13.5. The molecular formula is C18H21N3O5. The summed E-state index contributed by atoms with van der Waals surface area (Å²) in [5.41, 5.74) is 1.12. The van der Waals surface area contributed by atoms with Crippen molar-refractivity contribution in [2.75, 3.05) is 37.9 Å². The summed E-state index contributed by atoms with van der Waals surface area (Å²) in [5, 5.41) is 15.7. The fraction of sp³-hybridized carbons (Fsp3) is 0.222. The first-order chi connectivity index (χ1) is 12.5. The summed E-state index contributed by atoms with van der Waals surface area (Å²) in [6.07, 6.45) is 0. The third-order valence-electron chi connectivity index (χ3n) is 3.40. The molecule has 0 saturated carbocycles. The van der Waals surface area contributed by atoms with Crippen LogP contribution in [0.25, 0.3) is 0 Å². The molecule has 0 radical (unpaired) electrons. The molecule has 26 heavy (non-hydrogen) atoms. The smallest absolute Gasteiger partial charge is 0.241 e. The number of hydrogen-bond donors (Lipinski definition) is 3. The fourth-order valence-electron chi connectivity index (χ4n) is 2.14. The average molecular weight is 359 g/mol. The first-order valence-electron chi connectivity index (χ1n) is 7.82. The quantitative estimate of drug-likeness (QED) is 0.623. The van der Waals surface area contributed by atoms with Crippen molar-refractivity contribution in [3.63, 3.8) is 0 Å². The van der Waals surface area contributed by atoms with Gasteiger partial charge in [0.05, 0.1) is 14.2 Å². The molecule has 2 aromatic carbocycles. The van der Waals surface area contributed by atoms with Gasteiger partial charge in [-0.25, -0.2) is 0 Å². The van der Waals surface area contributed by atoms with Crippen LogP contribution in [0.15, 0.2) is 48.5 Å². The van der Waals surface area contributed by atoms with Crippen LogP contribution in [0.1, 0.15) is 0 Å². The molecule has 2 rings (SSSR count). The number of carbonyl (C=O) groups excluding carboxylic acids is 2. The summed E-state index contributed by atoms with van der Waals surface area (Å²) in [5.74, 6) is 0.439. The molecule has 2 aromatic rings. The molecule has 0 aliphatic carbocycles. The van der Waals surface area contributed by atoms with E-state index in [2.05, 4.69) is 10.6 Å². The maximum atomic E-state index is 11.9. The van der Waals surface area contributed by atoms with E-state index < -0.39 is 11.8 Å². The highest BCUT2D eigenvalue weighted by molar-refractivity contribution is 5.94. The van der Waals surface area contributed by atoms with Crippen LogP contribution in [0.3, 0.4) is 0 Å². The van der Waals surface area contributed by atoms with Gasteiger partial charge in [-0.15, -0.1) is 0 Å². The number of hydroxylamine groups is 2. The molecule has 0 aromatic heterocycles. The van der Waals surface area contributed by atoms with Crippen LogP contribution in [0.4, 0.5) is 11.4 Å². The van der Waals surface area contributed by atoms with Crippen molar-refractivity contribution in [1.29, 1.82) is 0 Å². The number of carbonyl (C=O) groups is 2. The number of amides is 2. The number of rotatable bonds is 8. The van der Waals surface area contributed by atoms with Gasteiger partial charge in [0.25, 0.3) is 0 Å². The van der Waals surface area contributed by atoms with Crippen molar-refractivity contribution in [2.45, 2.75) is 0 Å². The third kappa shape index (κ3) is 6.08. The molecule has 8 heteroatoms. The van der Waals surface area contributed by atoms with E-state index in [1.54, 1.807) is 62.8 Å². The standard InChI is InChI=1S/C18H21N3O5/c1-25-15-7-3-13(4-8-15)19-17(22)11-21(24)12-18(23)20-14-5-9-16(26-2)10-6-14/h3-10,24H,11-12H2,1-2H3,(H,19,22)(H,20,23). The summed E-state index contributed by atoms with van der Waals surface area (Å²) in [7, 11) is 3.10. The highest BCUT2D eigenvalue weighted by Gasteiger charge is 2.13. The number of benzene rings is 2. The van der Waals surface area contributed by atoms with E-state index >= 15 is 0 Å². The van der Waals surface area contributed by atoms with Gasteiger partial charge in [-0.3, -0.25) is 9.59 Å². The third-order valence-corrected chi connectivity index (χ3v) is 3.40. The minimum absolute atomic E-state index is 0.345. The van der Waals surface area contributed by atoms with Crippen molar-refractivity contribution >= 4 is 23.2 Å². The molecule has 0 aliphatic heterocycles. The van der Waals surface area contributed by atoms with E-state index in [0.717, 1.165) is 0 Å². The molecular weight excluding hydrogens is 338 g/mol. The molecule has 8 nitrogen and oxygen atoms in total. The zero-order chi connectivity index (χ0) is 18.9. The largest absolute Gasteiger partial charge is 0.497 e. The van der Waals surface area contributed by atoms with E-state index in [1.807, 2.05) is 0 Å². The number of methoxy groups -OCH3 is 2. The molecule has 0 bridgehead atoms. The summed E-state index contributed by atoms with van der Waals surface area (Å²) >= 11 is 0. The molecule has 138 valence electrons. The van der Waals surface area contributed by atoms with Gasteiger partial charge in [0.2, 0.25) is 11.8 Å². The van der Waals surface area contributed by atoms with Crippen LogP contribution >= 0.6 is 0 Å². The lowest BCUT2D eigenvalue weighted by Gasteiger charge is -2.14. The van der Waals surface area contributed by atoms with Crippen LogP contribution < -0.4 is 20.1 Å². The molecule has 0 aliphatic rings. The topological polar surface area (TPSA) is 100 Å². The van der Waals surface area contributed by atoms with Crippen molar-refractivity contribution in [1.82, 2.24) is 5.06 Å². The van der Waals surface area contributed by atoms with Crippen molar-refractivity contribution in [2.24, 2.45) is 0 Å². The monoisotopic (exact) mass is 359 g/mol. The predicted molar refractivity (Wildman–Crippen MR) is 96.6 cm³/mol. The SMILES string of the molecule is COc1ccc(NC(=O)CN(O)CC(=O)Nc2ccc(OC)cc2)cc1. The Morgan fingerprint density at radius 2 is 1.15 bits per heavy atom. The molecule has 0 unspecified atom stereocenters. The number of ether oxygens (including phenoxy) is 2. The second-order valence-corrected chi connectivity index (χ2v) is 5.38. The van der Waals surface area contributed by atoms with Crippen molar-refractivity contribution in [3.8, 4) is 11.5 Å².